The summed E-state index contributed by atoms with van der Waals surface area (Å²) in [6.07, 6.45) is 0.247. The molecule has 3 aromatic rings. The molecule has 2 amide bonds. The molecule has 2 aromatic carbocycles. The summed E-state index contributed by atoms with van der Waals surface area (Å²) in [4.78, 5) is 26.2. The second kappa shape index (κ2) is 9.00. The van der Waals surface area contributed by atoms with E-state index in [4.69, 9.17) is 4.74 Å². The third-order valence-corrected chi connectivity index (χ3v) is 4.85. The summed E-state index contributed by atoms with van der Waals surface area (Å²) in [7, 11) is 1.59. The maximum atomic E-state index is 12.9. The molecule has 0 saturated carbocycles. The molecule has 0 unspecified atom stereocenters. The van der Waals surface area contributed by atoms with E-state index in [1.165, 1.54) is 11.3 Å². The molecule has 1 heterocycles. The van der Waals surface area contributed by atoms with Crippen molar-refractivity contribution in [2.45, 2.75) is 12.5 Å². The largest absolute Gasteiger partial charge is 0.497 e. The highest BCUT2D eigenvalue weighted by Gasteiger charge is 2.23. The van der Waals surface area contributed by atoms with Crippen LogP contribution >= 0.6 is 11.3 Å². The van der Waals surface area contributed by atoms with Gasteiger partial charge >= 0.3 is 0 Å². The molecule has 1 atom stereocenters. The topological polar surface area (TPSA) is 67.4 Å². The standard InChI is InChI=1S/C21H20N2O3S/c1-26-17-11-9-16(10-12-17)22-21(25)20(15-6-3-2-4-7-15)23-19(24)14-18-8-5-13-27-18/h2-13,20H,14H2,1H3,(H,22,25)(H,23,24)/t20-/m1/s1. The van der Waals surface area contributed by atoms with Crippen molar-refractivity contribution < 1.29 is 14.3 Å². The lowest BCUT2D eigenvalue weighted by Gasteiger charge is -2.19. The number of anilines is 1. The second-order valence-electron chi connectivity index (χ2n) is 5.89. The minimum Gasteiger partial charge on any atom is -0.497 e. The van der Waals surface area contributed by atoms with Crippen molar-refractivity contribution in [1.82, 2.24) is 5.32 Å². The van der Waals surface area contributed by atoms with E-state index >= 15 is 0 Å². The summed E-state index contributed by atoms with van der Waals surface area (Å²) in [5.74, 6) is 0.207. The van der Waals surface area contributed by atoms with Gasteiger partial charge in [-0.3, -0.25) is 9.59 Å². The molecule has 1 aromatic heterocycles. The lowest BCUT2D eigenvalue weighted by Crippen LogP contribution is -2.37. The van der Waals surface area contributed by atoms with E-state index in [-0.39, 0.29) is 18.2 Å². The van der Waals surface area contributed by atoms with Gasteiger partial charge < -0.3 is 15.4 Å². The Morgan fingerprint density at radius 2 is 1.74 bits per heavy atom. The fourth-order valence-corrected chi connectivity index (χ4v) is 3.32. The Morgan fingerprint density at radius 3 is 2.37 bits per heavy atom. The Labute approximate surface area is 162 Å². The Bertz CT molecular complexity index is 878. The molecule has 0 aliphatic heterocycles. The van der Waals surface area contributed by atoms with Crippen LogP contribution in [0.5, 0.6) is 5.75 Å². The molecule has 6 heteroatoms. The van der Waals surface area contributed by atoms with Gasteiger partial charge in [0.05, 0.1) is 13.5 Å². The number of methoxy groups -OCH3 is 1. The number of nitrogens with one attached hydrogen (secondary N) is 2. The molecular formula is C21H20N2O3S. The van der Waals surface area contributed by atoms with Gasteiger partial charge in [0, 0.05) is 10.6 Å². The van der Waals surface area contributed by atoms with Crippen molar-refractivity contribution in [3.63, 3.8) is 0 Å². The highest BCUT2D eigenvalue weighted by Crippen LogP contribution is 2.19. The van der Waals surface area contributed by atoms with E-state index in [1.54, 1.807) is 31.4 Å². The minimum atomic E-state index is -0.777. The average Bonchev–Trinajstić information content (AvgIpc) is 3.20. The second-order valence-corrected chi connectivity index (χ2v) is 6.92. The Morgan fingerprint density at radius 1 is 1.00 bits per heavy atom. The lowest BCUT2D eigenvalue weighted by atomic mass is 10.1. The molecular weight excluding hydrogens is 360 g/mol. The van der Waals surface area contributed by atoms with Crippen molar-refractivity contribution in [2.75, 3.05) is 12.4 Å². The number of thiophene rings is 1. The first-order chi connectivity index (χ1) is 13.2. The summed E-state index contributed by atoms with van der Waals surface area (Å²) in [5, 5.41) is 7.62. The number of rotatable bonds is 7. The van der Waals surface area contributed by atoms with Crippen molar-refractivity contribution in [3.8, 4) is 5.75 Å². The Balaban J connectivity index is 1.74. The van der Waals surface area contributed by atoms with Crippen LogP contribution in [0.4, 0.5) is 5.69 Å². The van der Waals surface area contributed by atoms with Gasteiger partial charge in [0.15, 0.2) is 0 Å². The highest BCUT2D eigenvalue weighted by atomic mass is 32.1. The number of hydrogen-bond acceptors (Lipinski definition) is 4. The molecule has 0 radical (unpaired) electrons. The maximum absolute atomic E-state index is 12.9. The van der Waals surface area contributed by atoms with Crippen LogP contribution in [0, 0.1) is 0 Å². The molecule has 138 valence electrons. The van der Waals surface area contributed by atoms with Crippen molar-refractivity contribution >= 4 is 28.8 Å². The van der Waals surface area contributed by atoms with Gasteiger partial charge in [-0.25, -0.2) is 0 Å². The van der Waals surface area contributed by atoms with Crippen LogP contribution in [-0.4, -0.2) is 18.9 Å². The number of carbonyl (C=O) groups is 2. The molecule has 27 heavy (non-hydrogen) atoms. The normalized spacial score (nSPS) is 11.4. The van der Waals surface area contributed by atoms with Crippen molar-refractivity contribution in [1.29, 1.82) is 0 Å². The Hall–Kier alpha value is -3.12. The van der Waals surface area contributed by atoms with Crippen LogP contribution < -0.4 is 15.4 Å². The lowest BCUT2D eigenvalue weighted by molar-refractivity contribution is -0.126. The number of hydrogen-bond donors (Lipinski definition) is 2. The monoisotopic (exact) mass is 380 g/mol. The molecule has 5 nitrogen and oxygen atoms in total. The van der Waals surface area contributed by atoms with Crippen LogP contribution in [0.1, 0.15) is 16.5 Å². The first kappa shape index (κ1) is 18.7. The van der Waals surface area contributed by atoms with Crippen LogP contribution in [0.3, 0.4) is 0 Å². The summed E-state index contributed by atoms with van der Waals surface area (Å²) in [5.41, 5.74) is 1.36. The zero-order valence-electron chi connectivity index (χ0n) is 14.8. The smallest absolute Gasteiger partial charge is 0.251 e. The van der Waals surface area contributed by atoms with Crippen molar-refractivity contribution in [3.05, 3.63) is 82.6 Å². The van der Waals surface area contributed by atoms with Crippen LogP contribution in [-0.2, 0) is 16.0 Å². The van der Waals surface area contributed by atoms with Gasteiger partial charge in [-0.2, -0.15) is 0 Å². The first-order valence-electron chi connectivity index (χ1n) is 8.47. The van der Waals surface area contributed by atoms with Gasteiger partial charge in [-0.15, -0.1) is 11.3 Å². The summed E-state index contributed by atoms with van der Waals surface area (Å²) in [6, 6.07) is 19.3. The maximum Gasteiger partial charge on any atom is 0.251 e. The van der Waals surface area contributed by atoms with E-state index in [0.29, 0.717) is 11.4 Å². The average molecular weight is 380 g/mol. The first-order valence-corrected chi connectivity index (χ1v) is 9.35. The zero-order chi connectivity index (χ0) is 19.1. The molecule has 0 saturated heterocycles. The molecule has 0 spiro atoms. The third kappa shape index (κ3) is 5.18. The fourth-order valence-electron chi connectivity index (χ4n) is 2.62. The van der Waals surface area contributed by atoms with Gasteiger partial charge in [-0.1, -0.05) is 36.4 Å². The van der Waals surface area contributed by atoms with Gasteiger partial charge in [-0.05, 0) is 41.3 Å². The van der Waals surface area contributed by atoms with E-state index in [2.05, 4.69) is 10.6 Å². The molecule has 0 aliphatic carbocycles. The van der Waals surface area contributed by atoms with Crippen LogP contribution in [0.15, 0.2) is 72.1 Å². The molecule has 0 fully saturated rings. The minimum absolute atomic E-state index is 0.198. The predicted octanol–water partition coefficient (Wildman–Crippen LogP) is 3.80. The van der Waals surface area contributed by atoms with Crippen LogP contribution in [0.25, 0.3) is 0 Å². The molecule has 0 aliphatic rings. The van der Waals surface area contributed by atoms with Gasteiger partial charge in [0.25, 0.3) is 5.91 Å². The quantitative estimate of drug-likeness (QED) is 0.655. The summed E-state index contributed by atoms with van der Waals surface area (Å²) >= 11 is 1.52. The van der Waals surface area contributed by atoms with E-state index < -0.39 is 6.04 Å². The van der Waals surface area contributed by atoms with E-state index in [0.717, 1.165) is 10.4 Å². The van der Waals surface area contributed by atoms with Gasteiger partial charge in [0.1, 0.15) is 11.8 Å². The summed E-state index contributed by atoms with van der Waals surface area (Å²) < 4.78 is 5.12. The number of benzene rings is 2. The van der Waals surface area contributed by atoms with E-state index in [1.807, 2.05) is 47.8 Å². The van der Waals surface area contributed by atoms with E-state index in [9.17, 15) is 9.59 Å². The zero-order valence-corrected chi connectivity index (χ0v) is 15.7. The molecule has 0 bridgehead atoms. The predicted molar refractivity (Wildman–Crippen MR) is 107 cm³/mol. The Kier molecular flexibility index (Phi) is 6.22. The molecule has 2 N–H and O–H groups in total. The number of amides is 2. The summed E-state index contributed by atoms with van der Waals surface area (Å²) in [6.45, 7) is 0. The third-order valence-electron chi connectivity index (χ3n) is 3.97. The number of ether oxygens (including phenoxy) is 1. The highest BCUT2D eigenvalue weighted by molar-refractivity contribution is 7.10. The van der Waals surface area contributed by atoms with Crippen molar-refractivity contribution in [2.24, 2.45) is 0 Å². The van der Waals surface area contributed by atoms with Crippen LogP contribution in [0.2, 0.25) is 0 Å². The fraction of sp³-hybridized carbons (Fsp3) is 0.143. The SMILES string of the molecule is COc1ccc(NC(=O)[C@H](NC(=O)Cc2cccs2)c2ccccc2)cc1. The number of carbonyl (C=O) groups excluding carboxylic acids is 2. The molecule has 3 rings (SSSR count). The van der Waals surface area contributed by atoms with Gasteiger partial charge in [0.2, 0.25) is 5.91 Å².